The highest BCUT2D eigenvalue weighted by molar-refractivity contribution is 5.73. The molecule has 0 aromatic rings. The molecule has 1 saturated heterocycles. The second-order valence-corrected chi connectivity index (χ2v) is 4.38. The fraction of sp³-hybridized carbons (Fsp3) is 0.909. The van der Waals surface area contributed by atoms with Gasteiger partial charge in [0.15, 0.2) is 0 Å². The van der Waals surface area contributed by atoms with Crippen LogP contribution in [-0.4, -0.2) is 30.6 Å². The number of carbonyl (C=O) groups is 1. The quantitative estimate of drug-likeness (QED) is 0.810. The van der Waals surface area contributed by atoms with Gasteiger partial charge in [-0.05, 0) is 26.2 Å². The summed E-state index contributed by atoms with van der Waals surface area (Å²) in [5, 5.41) is 2.23. The highest BCUT2D eigenvalue weighted by Gasteiger charge is 2.39. The second-order valence-electron chi connectivity index (χ2n) is 4.38. The van der Waals surface area contributed by atoms with Gasteiger partial charge in [0.25, 0.3) is 5.92 Å². The molecule has 1 heterocycles. The van der Waals surface area contributed by atoms with Gasteiger partial charge in [0, 0.05) is 20.0 Å². The highest BCUT2D eigenvalue weighted by atomic mass is 19.3. The first-order chi connectivity index (χ1) is 7.42. The van der Waals surface area contributed by atoms with Crippen molar-refractivity contribution in [3.8, 4) is 0 Å². The van der Waals surface area contributed by atoms with Crippen LogP contribution in [0.1, 0.15) is 39.5 Å². The summed E-state index contributed by atoms with van der Waals surface area (Å²) in [7, 11) is 0. The van der Waals surface area contributed by atoms with E-state index in [1.54, 1.807) is 0 Å². The van der Waals surface area contributed by atoms with Crippen molar-refractivity contribution in [2.45, 2.75) is 57.6 Å². The molecule has 0 aliphatic carbocycles. The van der Waals surface area contributed by atoms with Crippen molar-refractivity contribution in [1.82, 2.24) is 5.32 Å². The standard InChI is InChI=1S/C11H19F2NO2/c1-8(14-9(2)15)11(12,13)7-10-5-3-4-6-16-10/h8,10H,3-7H2,1-2H3,(H,14,15)/t8-,10+/m0/s1. The number of hydrogen-bond acceptors (Lipinski definition) is 2. The Labute approximate surface area is 94.5 Å². The van der Waals surface area contributed by atoms with Gasteiger partial charge < -0.3 is 10.1 Å². The van der Waals surface area contributed by atoms with E-state index < -0.39 is 17.9 Å². The van der Waals surface area contributed by atoms with E-state index >= 15 is 0 Å². The fourth-order valence-electron chi connectivity index (χ4n) is 1.86. The smallest absolute Gasteiger partial charge is 0.270 e. The summed E-state index contributed by atoms with van der Waals surface area (Å²) < 4.78 is 32.6. The van der Waals surface area contributed by atoms with Crippen molar-refractivity contribution in [3.05, 3.63) is 0 Å². The molecule has 1 N–H and O–H groups in total. The van der Waals surface area contributed by atoms with Crippen molar-refractivity contribution < 1.29 is 18.3 Å². The molecule has 0 bridgehead atoms. The van der Waals surface area contributed by atoms with Crippen molar-refractivity contribution in [3.63, 3.8) is 0 Å². The molecule has 0 aromatic heterocycles. The lowest BCUT2D eigenvalue weighted by atomic mass is 9.99. The minimum atomic E-state index is -2.91. The monoisotopic (exact) mass is 235 g/mol. The van der Waals surface area contributed by atoms with Gasteiger partial charge in [-0.15, -0.1) is 0 Å². The van der Waals surface area contributed by atoms with Crippen LogP contribution in [0.15, 0.2) is 0 Å². The molecule has 1 fully saturated rings. The third kappa shape index (κ3) is 4.04. The van der Waals surface area contributed by atoms with Gasteiger partial charge in [-0.2, -0.15) is 0 Å². The highest BCUT2D eigenvalue weighted by Crippen LogP contribution is 2.29. The summed E-state index contributed by atoms with van der Waals surface area (Å²) >= 11 is 0. The van der Waals surface area contributed by atoms with Crippen LogP contribution >= 0.6 is 0 Å². The van der Waals surface area contributed by atoms with E-state index in [9.17, 15) is 13.6 Å². The van der Waals surface area contributed by atoms with Gasteiger partial charge in [0.05, 0.1) is 12.1 Å². The molecule has 5 heteroatoms. The van der Waals surface area contributed by atoms with Crippen LogP contribution < -0.4 is 5.32 Å². The summed E-state index contributed by atoms with van der Waals surface area (Å²) in [6.45, 7) is 3.13. The maximum absolute atomic E-state index is 13.7. The zero-order valence-electron chi connectivity index (χ0n) is 9.76. The van der Waals surface area contributed by atoms with E-state index in [1.165, 1.54) is 13.8 Å². The molecule has 0 aromatic carbocycles. The van der Waals surface area contributed by atoms with E-state index in [4.69, 9.17) is 4.74 Å². The van der Waals surface area contributed by atoms with Gasteiger partial charge in [0.2, 0.25) is 5.91 Å². The Morgan fingerprint density at radius 3 is 2.75 bits per heavy atom. The maximum atomic E-state index is 13.7. The molecule has 0 unspecified atom stereocenters. The lowest BCUT2D eigenvalue weighted by Crippen LogP contribution is -2.47. The van der Waals surface area contributed by atoms with Crippen LogP contribution in [0.2, 0.25) is 0 Å². The molecular formula is C11H19F2NO2. The average Bonchev–Trinajstić information content (AvgIpc) is 2.17. The molecule has 0 radical (unpaired) electrons. The Morgan fingerprint density at radius 1 is 1.56 bits per heavy atom. The number of carbonyl (C=O) groups excluding carboxylic acids is 1. The lowest BCUT2D eigenvalue weighted by Gasteiger charge is -2.30. The van der Waals surface area contributed by atoms with Crippen molar-refractivity contribution in [2.75, 3.05) is 6.61 Å². The summed E-state index contributed by atoms with van der Waals surface area (Å²) in [5.41, 5.74) is 0. The first-order valence-corrected chi connectivity index (χ1v) is 5.68. The number of halogens is 2. The van der Waals surface area contributed by atoms with Crippen LogP contribution in [0.25, 0.3) is 0 Å². The Balaban J connectivity index is 2.45. The van der Waals surface area contributed by atoms with Gasteiger partial charge in [0.1, 0.15) is 0 Å². The van der Waals surface area contributed by atoms with Gasteiger partial charge in [-0.1, -0.05) is 0 Å². The van der Waals surface area contributed by atoms with Crippen LogP contribution in [-0.2, 0) is 9.53 Å². The molecule has 1 aliphatic rings. The first-order valence-electron chi connectivity index (χ1n) is 5.68. The minimum Gasteiger partial charge on any atom is -0.378 e. The molecule has 3 nitrogen and oxygen atoms in total. The van der Waals surface area contributed by atoms with E-state index in [-0.39, 0.29) is 12.5 Å². The zero-order valence-corrected chi connectivity index (χ0v) is 9.76. The van der Waals surface area contributed by atoms with E-state index in [0.29, 0.717) is 13.0 Å². The largest absolute Gasteiger partial charge is 0.378 e. The Hall–Kier alpha value is -0.710. The normalized spacial score (nSPS) is 23.9. The van der Waals surface area contributed by atoms with Gasteiger partial charge >= 0.3 is 0 Å². The van der Waals surface area contributed by atoms with Crippen molar-refractivity contribution in [2.24, 2.45) is 0 Å². The summed E-state index contributed by atoms with van der Waals surface area (Å²) in [6.07, 6.45) is 1.88. The van der Waals surface area contributed by atoms with Gasteiger partial charge in [-0.3, -0.25) is 4.79 Å². The molecule has 2 atom stereocenters. The van der Waals surface area contributed by atoms with Gasteiger partial charge in [-0.25, -0.2) is 8.78 Å². The fourth-order valence-corrected chi connectivity index (χ4v) is 1.86. The van der Waals surface area contributed by atoms with Crippen LogP contribution in [0.4, 0.5) is 8.78 Å². The average molecular weight is 235 g/mol. The molecule has 0 saturated carbocycles. The SMILES string of the molecule is CC(=O)N[C@@H](C)C(F)(F)C[C@H]1CCCCO1. The first kappa shape index (κ1) is 13.4. The van der Waals surface area contributed by atoms with E-state index in [2.05, 4.69) is 5.32 Å². The molecule has 0 spiro atoms. The Kier molecular flexibility index (Phi) is 4.65. The molecular weight excluding hydrogens is 216 g/mol. The predicted octanol–water partition coefficient (Wildman–Crippen LogP) is 2.11. The number of alkyl halides is 2. The number of ether oxygens (including phenoxy) is 1. The summed E-state index contributed by atoms with van der Waals surface area (Å²) in [5.74, 6) is -3.34. The lowest BCUT2D eigenvalue weighted by molar-refractivity contribution is -0.127. The Morgan fingerprint density at radius 2 is 2.25 bits per heavy atom. The number of nitrogens with one attached hydrogen (secondary N) is 1. The minimum absolute atomic E-state index is 0.311. The number of hydrogen-bond donors (Lipinski definition) is 1. The van der Waals surface area contributed by atoms with Crippen LogP contribution in [0.5, 0.6) is 0 Å². The molecule has 94 valence electrons. The molecule has 1 amide bonds. The molecule has 1 aliphatic heterocycles. The zero-order chi connectivity index (χ0) is 12.2. The van der Waals surface area contributed by atoms with E-state index in [0.717, 1.165) is 12.8 Å². The third-order valence-electron chi connectivity index (χ3n) is 2.83. The number of rotatable bonds is 4. The van der Waals surface area contributed by atoms with Crippen molar-refractivity contribution >= 4 is 5.91 Å². The van der Waals surface area contributed by atoms with Crippen LogP contribution in [0, 0.1) is 0 Å². The predicted molar refractivity (Wildman–Crippen MR) is 56.4 cm³/mol. The molecule has 1 rings (SSSR count). The van der Waals surface area contributed by atoms with E-state index in [1.807, 2.05) is 0 Å². The van der Waals surface area contributed by atoms with Crippen LogP contribution in [0.3, 0.4) is 0 Å². The van der Waals surface area contributed by atoms with Crippen molar-refractivity contribution in [1.29, 1.82) is 0 Å². The molecule has 16 heavy (non-hydrogen) atoms. The summed E-state index contributed by atoms with van der Waals surface area (Å²) in [6, 6.07) is -1.14. The number of amides is 1. The topological polar surface area (TPSA) is 38.3 Å². The third-order valence-corrected chi connectivity index (χ3v) is 2.83. The second kappa shape index (κ2) is 5.57. The maximum Gasteiger partial charge on any atom is 0.270 e. The Bertz CT molecular complexity index is 240. The summed E-state index contributed by atoms with van der Waals surface area (Å²) in [4.78, 5) is 10.7.